The van der Waals surface area contributed by atoms with Crippen molar-refractivity contribution in [1.29, 1.82) is 0 Å². The maximum absolute atomic E-state index is 14.5. The third-order valence-corrected chi connectivity index (χ3v) is 12.6. The van der Waals surface area contributed by atoms with Crippen molar-refractivity contribution < 1.29 is 57.2 Å². The third kappa shape index (κ3) is 17.9. The molecule has 3 aromatic rings. The zero-order valence-electron chi connectivity index (χ0n) is 41.4. The molecule has 2 aromatic carbocycles. The van der Waals surface area contributed by atoms with Gasteiger partial charge in [0.25, 0.3) is 5.91 Å². The van der Waals surface area contributed by atoms with Gasteiger partial charge in [-0.25, -0.2) is 14.6 Å². The van der Waals surface area contributed by atoms with Crippen molar-refractivity contribution in [3.8, 4) is 11.3 Å². The molecule has 2 aliphatic rings. The maximum Gasteiger partial charge on any atom is 0.410 e. The van der Waals surface area contributed by atoms with E-state index in [2.05, 4.69) is 20.9 Å². The number of amides is 6. The zero-order chi connectivity index (χ0) is 50.5. The van der Waals surface area contributed by atoms with Gasteiger partial charge in [0.15, 0.2) is 5.13 Å². The summed E-state index contributed by atoms with van der Waals surface area (Å²) in [6.07, 6.45) is 4.31. The fourth-order valence-corrected chi connectivity index (χ4v) is 8.73. The van der Waals surface area contributed by atoms with Crippen LogP contribution in [0.25, 0.3) is 11.3 Å². The lowest BCUT2D eigenvalue weighted by molar-refractivity contribution is -0.142. The number of ether oxygens (including phenoxy) is 6. The first-order valence-electron chi connectivity index (χ1n) is 24.1. The molecule has 1 saturated carbocycles. The van der Waals surface area contributed by atoms with Crippen molar-refractivity contribution in [3.05, 3.63) is 66.2 Å². The first-order chi connectivity index (χ1) is 33.6. The monoisotopic (exact) mass is 993 g/mol. The van der Waals surface area contributed by atoms with Gasteiger partial charge >= 0.3 is 12.2 Å². The van der Waals surface area contributed by atoms with E-state index in [0.29, 0.717) is 75.2 Å². The molecule has 5 rings (SSSR count). The minimum atomic E-state index is -0.920. The Bertz CT molecular complexity index is 2130. The van der Waals surface area contributed by atoms with Gasteiger partial charge in [-0.3, -0.25) is 29.4 Å². The number of carbonyl (C=O) groups is 6. The van der Waals surface area contributed by atoms with E-state index in [4.69, 9.17) is 28.4 Å². The Labute approximate surface area is 415 Å². The summed E-state index contributed by atoms with van der Waals surface area (Å²) in [5, 5.41) is 9.39. The summed E-state index contributed by atoms with van der Waals surface area (Å²) < 4.78 is 32.9. The van der Waals surface area contributed by atoms with E-state index in [9.17, 15) is 28.8 Å². The Balaban J connectivity index is 1.05. The van der Waals surface area contributed by atoms with Gasteiger partial charge in [0, 0.05) is 32.7 Å². The Morgan fingerprint density at radius 1 is 0.771 bits per heavy atom. The lowest BCUT2D eigenvalue weighted by Gasteiger charge is -2.36. The molecule has 2 heterocycles. The van der Waals surface area contributed by atoms with E-state index < -0.39 is 53.6 Å². The van der Waals surface area contributed by atoms with Crippen LogP contribution in [0.5, 0.6) is 0 Å². The number of thiazole rings is 1. The predicted molar refractivity (Wildman–Crippen MR) is 264 cm³/mol. The summed E-state index contributed by atoms with van der Waals surface area (Å²) in [4.78, 5) is 89.1. The van der Waals surface area contributed by atoms with Crippen molar-refractivity contribution in [3.63, 3.8) is 0 Å². The van der Waals surface area contributed by atoms with Gasteiger partial charge in [0.2, 0.25) is 17.7 Å². The molecule has 1 aliphatic heterocycles. The zero-order valence-corrected chi connectivity index (χ0v) is 42.2. The molecule has 3 atom stereocenters. The average molecular weight is 994 g/mol. The van der Waals surface area contributed by atoms with E-state index in [1.54, 1.807) is 39.6 Å². The Morgan fingerprint density at radius 2 is 1.39 bits per heavy atom. The smallest absolute Gasteiger partial charge is 0.410 e. The summed E-state index contributed by atoms with van der Waals surface area (Å²) in [6, 6.07) is 16.1. The van der Waals surface area contributed by atoms with E-state index in [1.807, 2.05) is 60.7 Å². The number of likely N-dealkylation sites (tertiary alicyclic amines) is 1. The third-order valence-electron chi connectivity index (χ3n) is 11.8. The fourth-order valence-electron chi connectivity index (χ4n) is 7.82. The second-order valence-corrected chi connectivity index (χ2v) is 19.3. The van der Waals surface area contributed by atoms with Crippen molar-refractivity contribution in [2.45, 2.75) is 103 Å². The van der Waals surface area contributed by atoms with E-state index in [-0.39, 0.29) is 43.4 Å². The highest BCUT2D eigenvalue weighted by molar-refractivity contribution is 7.20. The minimum Gasteiger partial charge on any atom is -0.445 e. The second kappa shape index (κ2) is 28.2. The number of nitrogens with zero attached hydrogens (tertiary/aromatic N) is 4. The first kappa shape index (κ1) is 55.3. The molecule has 0 unspecified atom stereocenters. The Kier molecular flexibility index (Phi) is 22.3. The molecule has 0 radical (unpaired) electrons. The number of anilines is 2. The SMILES string of the molecule is C[C@@H](C(=O)N[C@H](C(=O)N1CCC[C@H]1C(=O)Nc1sc(NC(=O)COCCOCCOCCOCCN(C)C(=O)OCc2ccccc2)nc1-c1ccccc1)C1CCCCC1)N(C)C(=O)OC(C)(C)C. The van der Waals surface area contributed by atoms with Crippen LogP contribution in [-0.4, -0.2) is 159 Å². The van der Waals surface area contributed by atoms with E-state index in [1.165, 1.54) is 16.8 Å². The molecule has 1 aromatic heterocycles. The van der Waals surface area contributed by atoms with Crippen molar-refractivity contribution in [2.24, 2.45) is 5.92 Å². The van der Waals surface area contributed by atoms with Crippen LogP contribution >= 0.6 is 11.3 Å². The second-order valence-electron chi connectivity index (χ2n) is 18.3. The van der Waals surface area contributed by atoms with Crippen LogP contribution in [0.4, 0.5) is 19.7 Å². The number of benzene rings is 2. The van der Waals surface area contributed by atoms with Crippen molar-refractivity contribution in [2.75, 3.05) is 90.7 Å². The first-order valence-corrected chi connectivity index (χ1v) is 24.9. The van der Waals surface area contributed by atoms with Crippen LogP contribution in [0.2, 0.25) is 0 Å². The number of carbonyl (C=O) groups excluding carboxylic acids is 6. The fraction of sp³-hybridized carbons (Fsp3) is 0.580. The highest BCUT2D eigenvalue weighted by Crippen LogP contribution is 2.37. The predicted octanol–water partition coefficient (Wildman–Crippen LogP) is 6.33. The van der Waals surface area contributed by atoms with Crippen molar-refractivity contribution in [1.82, 2.24) is 25.0 Å². The summed E-state index contributed by atoms with van der Waals surface area (Å²) in [7, 11) is 3.14. The largest absolute Gasteiger partial charge is 0.445 e. The van der Waals surface area contributed by atoms with Gasteiger partial charge in [-0.2, -0.15) is 0 Å². The molecule has 0 spiro atoms. The van der Waals surface area contributed by atoms with Crippen LogP contribution in [-0.2, 0) is 54.2 Å². The number of rotatable bonds is 25. The number of aromatic nitrogens is 1. The van der Waals surface area contributed by atoms with Crippen LogP contribution in [0, 0.1) is 5.92 Å². The molecule has 3 N–H and O–H groups in total. The molecule has 384 valence electrons. The van der Waals surface area contributed by atoms with Crippen LogP contribution < -0.4 is 16.0 Å². The van der Waals surface area contributed by atoms with Gasteiger partial charge in [0.05, 0.1) is 46.2 Å². The molecular formula is C50H71N7O12S. The molecule has 0 bridgehead atoms. The van der Waals surface area contributed by atoms with Crippen LogP contribution in [0.3, 0.4) is 0 Å². The Hall–Kier alpha value is -5.67. The quantitative estimate of drug-likeness (QED) is 0.0792. The number of likely N-dealkylation sites (N-methyl/N-ethyl adjacent to an activating group) is 2. The molecular weight excluding hydrogens is 923 g/mol. The van der Waals surface area contributed by atoms with Gasteiger partial charge in [0.1, 0.15) is 47.6 Å². The molecule has 20 heteroatoms. The van der Waals surface area contributed by atoms with Crippen LogP contribution in [0.1, 0.15) is 78.2 Å². The van der Waals surface area contributed by atoms with Gasteiger partial charge in [-0.05, 0) is 64.9 Å². The number of nitrogens with one attached hydrogen (secondary N) is 3. The average Bonchev–Trinajstić information content (AvgIpc) is 4.01. The summed E-state index contributed by atoms with van der Waals surface area (Å²) in [5.74, 6) is -1.79. The van der Waals surface area contributed by atoms with Crippen LogP contribution in [0.15, 0.2) is 60.7 Å². The topological polar surface area (TPSA) is 216 Å². The number of hydrogen-bond donors (Lipinski definition) is 3. The standard InChI is InChI=1S/C50H71N7O12S/c1-35(56(6)49(63)69-50(2,3)4)43(59)52-42(38-21-14-9-15-22-38)46(61)57-24-16-23-39(57)44(60)54-45-41(37-19-12-8-13-20-37)53-47(70-45)51-40(58)34-67-32-31-66-30-29-65-28-27-64-26-25-55(5)48(62)68-33-36-17-10-7-11-18-36/h7-8,10-13,17-20,35,38-39,42H,9,14-16,21-34H2,1-6H3,(H,52,59)(H,54,60)(H,51,53,58)/t35-,39-,42-/m0/s1. The summed E-state index contributed by atoms with van der Waals surface area (Å²) >= 11 is 1.09. The summed E-state index contributed by atoms with van der Waals surface area (Å²) in [5.41, 5.74) is 1.33. The highest BCUT2D eigenvalue weighted by atomic mass is 32.1. The van der Waals surface area contributed by atoms with Gasteiger partial charge in [-0.1, -0.05) is 91.3 Å². The highest BCUT2D eigenvalue weighted by Gasteiger charge is 2.42. The van der Waals surface area contributed by atoms with Crippen molar-refractivity contribution >= 4 is 57.3 Å². The molecule has 2 fully saturated rings. The van der Waals surface area contributed by atoms with E-state index >= 15 is 0 Å². The molecule has 6 amide bonds. The molecule has 19 nitrogen and oxygen atoms in total. The molecule has 70 heavy (non-hydrogen) atoms. The van der Waals surface area contributed by atoms with E-state index in [0.717, 1.165) is 49.0 Å². The number of hydrogen-bond acceptors (Lipinski definition) is 14. The van der Waals surface area contributed by atoms with Gasteiger partial charge in [-0.15, -0.1) is 0 Å². The Morgan fingerprint density at radius 3 is 2.03 bits per heavy atom. The van der Waals surface area contributed by atoms with Gasteiger partial charge < -0.3 is 48.9 Å². The lowest BCUT2D eigenvalue weighted by Crippen LogP contribution is -2.58. The summed E-state index contributed by atoms with van der Waals surface area (Å²) in [6.45, 7) is 9.61. The maximum atomic E-state index is 14.5. The molecule has 1 saturated heterocycles. The normalized spacial score (nSPS) is 15.9. The minimum absolute atomic E-state index is 0.128. The molecule has 1 aliphatic carbocycles. The lowest BCUT2D eigenvalue weighted by atomic mass is 9.83.